The van der Waals surface area contributed by atoms with Crippen LogP contribution in [0.4, 0.5) is 0 Å². The Morgan fingerprint density at radius 1 is 1.21 bits per heavy atom. The topological polar surface area (TPSA) is 90.4 Å². The Kier molecular flexibility index (Phi) is 9.19. The molecule has 0 aliphatic carbocycles. The van der Waals surface area contributed by atoms with Crippen LogP contribution in [0.2, 0.25) is 0 Å². The minimum absolute atomic E-state index is 0.0357. The number of aliphatic hydroxyl groups is 1. The van der Waals surface area contributed by atoms with E-state index in [0.29, 0.717) is 25.9 Å². The molecule has 0 radical (unpaired) electrons. The van der Waals surface area contributed by atoms with Gasteiger partial charge in [-0.15, -0.1) is 13.2 Å². The van der Waals surface area contributed by atoms with Crippen LogP contribution in [0.5, 0.6) is 0 Å². The number of ether oxygens (including phenoxy) is 1. The zero-order chi connectivity index (χ0) is 28.6. The van der Waals surface area contributed by atoms with Gasteiger partial charge in [0.2, 0.25) is 17.7 Å². The van der Waals surface area contributed by atoms with Crippen LogP contribution in [0, 0.1) is 23.7 Å². The third kappa shape index (κ3) is 4.72. The molecule has 1 spiro atoms. The largest absolute Gasteiger partial charge is 0.394 e. The molecule has 3 aliphatic heterocycles. The predicted molar refractivity (Wildman–Crippen MR) is 148 cm³/mol. The number of carbonyl (C=O) groups is 3. The van der Waals surface area contributed by atoms with Gasteiger partial charge < -0.3 is 24.5 Å². The van der Waals surface area contributed by atoms with E-state index in [-0.39, 0.29) is 42.2 Å². The Morgan fingerprint density at radius 2 is 1.84 bits per heavy atom. The van der Waals surface area contributed by atoms with Crippen LogP contribution in [0.25, 0.3) is 0 Å². The van der Waals surface area contributed by atoms with E-state index < -0.39 is 35.1 Å². The molecule has 0 aromatic carbocycles. The van der Waals surface area contributed by atoms with Crippen molar-refractivity contribution in [3.05, 3.63) is 25.3 Å². The maximum absolute atomic E-state index is 14.6. The van der Waals surface area contributed by atoms with Gasteiger partial charge in [0.15, 0.2) is 0 Å². The number of likely N-dealkylation sites (N-methyl/N-ethyl adjacent to an activating group) is 1. The minimum Gasteiger partial charge on any atom is -0.394 e. The van der Waals surface area contributed by atoms with E-state index in [4.69, 9.17) is 4.74 Å². The van der Waals surface area contributed by atoms with Gasteiger partial charge in [0.25, 0.3) is 0 Å². The summed E-state index contributed by atoms with van der Waals surface area (Å²) in [4.78, 5) is 47.9. The number of rotatable bonds is 13. The quantitative estimate of drug-likeness (QED) is 0.369. The van der Waals surface area contributed by atoms with Crippen LogP contribution >= 0.6 is 0 Å². The van der Waals surface area contributed by atoms with Crippen LogP contribution in [0.15, 0.2) is 25.3 Å². The zero-order valence-electron chi connectivity index (χ0n) is 24.5. The third-order valence-corrected chi connectivity index (χ3v) is 9.23. The number of aliphatic hydroxyl groups excluding tert-OH is 1. The summed E-state index contributed by atoms with van der Waals surface area (Å²) in [5, 5.41) is 10.5. The molecule has 3 saturated heterocycles. The normalized spacial score (nSPS) is 33.3. The molecule has 1 N–H and O–H groups in total. The molecular formula is C30H49N3O5. The van der Waals surface area contributed by atoms with Crippen molar-refractivity contribution in [1.29, 1.82) is 0 Å². The summed E-state index contributed by atoms with van der Waals surface area (Å²) in [6.45, 7) is 20.2. The lowest BCUT2D eigenvalue weighted by Gasteiger charge is -2.41. The predicted octanol–water partition coefficient (Wildman–Crippen LogP) is 3.25. The van der Waals surface area contributed by atoms with Gasteiger partial charge in [-0.3, -0.25) is 14.4 Å². The Labute approximate surface area is 229 Å². The second kappa shape index (κ2) is 11.5. The van der Waals surface area contributed by atoms with Crippen molar-refractivity contribution in [2.45, 2.75) is 96.6 Å². The Bertz CT molecular complexity index is 937. The molecule has 3 fully saturated rings. The first-order chi connectivity index (χ1) is 17.9. The van der Waals surface area contributed by atoms with Gasteiger partial charge in [0, 0.05) is 26.2 Å². The van der Waals surface area contributed by atoms with Crippen molar-refractivity contribution in [2.24, 2.45) is 23.7 Å². The zero-order valence-corrected chi connectivity index (χ0v) is 24.5. The highest BCUT2D eigenvalue weighted by Crippen LogP contribution is 2.66. The summed E-state index contributed by atoms with van der Waals surface area (Å²) in [6, 6.07) is -1.52. The number of nitrogens with zero attached hydrogens (tertiary/aromatic N) is 3. The molecule has 0 aromatic heterocycles. The van der Waals surface area contributed by atoms with Crippen molar-refractivity contribution in [3.63, 3.8) is 0 Å². The maximum Gasteiger partial charge on any atom is 0.248 e. The fourth-order valence-corrected chi connectivity index (χ4v) is 7.42. The number of fused-ring (bicyclic) bond motifs is 1. The molecule has 0 saturated carbocycles. The molecular weight excluding hydrogens is 482 g/mol. The smallest absolute Gasteiger partial charge is 0.248 e. The molecule has 3 aliphatic rings. The highest BCUT2D eigenvalue weighted by atomic mass is 16.5. The summed E-state index contributed by atoms with van der Waals surface area (Å²) >= 11 is 0. The van der Waals surface area contributed by atoms with E-state index in [9.17, 15) is 19.5 Å². The number of amides is 3. The van der Waals surface area contributed by atoms with Gasteiger partial charge in [0.05, 0.1) is 30.1 Å². The van der Waals surface area contributed by atoms with E-state index >= 15 is 0 Å². The average molecular weight is 532 g/mol. The summed E-state index contributed by atoms with van der Waals surface area (Å²) in [5.41, 5.74) is -2.00. The lowest BCUT2D eigenvalue weighted by Crippen LogP contribution is -2.60. The SMILES string of the molecule is C=CCN(C)C(=O)[C@H]1[C@H]2C(=O)N([C@@H](CO)CC(C)C)C(C(=O)N(CC=C)C(C)CCC)C23CC(C)[C@]1(C)O3. The van der Waals surface area contributed by atoms with Crippen molar-refractivity contribution in [2.75, 3.05) is 26.7 Å². The molecule has 38 heavy (non-hydrogen) atoms. The number of hydrogen-bond donors (Lipinski definition) is 1. The number of carbonyl (C=O) groups excluding carboxylic acids is 3. The lowest BCUT2D eigenvalue weighted by atomic mass is 9.62. The molecule has 8 heteroatoms. The van der Waals surface area contributed by atoms with Gasteiger partial charge in [-0.1, -0.05) is 46.3 Å². The monoisotopic (exact) mass is 531 g/mol. The summed E-state index contributed by atoms with van der Waals surface area (Å²) in [5.74, 6) is -1.96. The molecule has 2 bridgehead atoms. The van der Waals surface area contributed by atoms with Crippen LogP contribution in [0.1, 0.15) is 67.2 Å². The fraction of sp³-hybridized carbons (Fsp3) is 0.767. The van der Waals surface area contributed by atoms with Crippen LogP contribution in [-0.4, -0.2) is 93.6 Å². The molecule has 3 amide bonds. The Morgan fingerprint density at radius 3 is 2.37 bits per heavy atom. The molecule has 8 atom stereocenters. The third-order valence-electron chi connectivity index (χ3n) is 9.23. The van der Waals surface area contributed by atoms with E-state index in [0.717, 1.165) is 12.8 Å². The van der Waals surface area contributed by atoms with Gasteiger partial charge in [-0.05, 0) is 44.9 Å². The standard InChI is InChI=1S/C30H49N3O5/c1-10-13-21(7)32(15-12-3)28(37)25-30-17-20(6)29(8,38-30)23(26(35)31(9)14-11-2)24(30)27(36)33(25)22(18-34)16-19(4)5/h11-12,19-25,34H,2-3,10,13-18H2,1,4-9H3/t20?,21?,22-,23-,24+,25?,29+,30?/m1/s1. The van der Waals surface area contributed by atoms with Crippen molar-refractivity contribution in [1.82, 2.24) is 14.7 Å². The molecule has 3 heterocycles. The Hall–Kier alpha value is -2.19. The van der Waals surface area contributed by atoms with Crippen molar-refractivity contribution >= 4 is 17.7 Å². The van der Waals surface area contributed by atoms with Gasteiger partial charge in [-0.25, -0.2) is 0 Å². The summed E-state index contributed by atoms with van der Waals surface area (Å²) < 4.78 is 6.86. The molecule has 214 valence electrons. The molecule has 8 nitrogen and oxygen atoms in total. The first-order valence-electron chi connectivity index (χ1n) is 14.3. The number of hydrogen-bond acceptors (Lipinski definition) is 5. The van der Waals surface area contributed by atoms with E-state index in [1.165, 1.54) is 0 Å². The molecule has 3 rings (SSSR count). The van der Waals surface area contributed by atoms with Gasteiger partial charge >= 0.3 is 0 Å². The highest BCUT2D eigenvalue weighted by Gasteiger charge is 2.80. The first kappa shape index (κ1) is 30.4. The van der Waals surface area contributed by atoms with E-state index in [1.807, 2.05) is 34.6 Å². The van der Waals surface area contributed by atoms with Crippen LogP contribution in [0.3, 0.4) is 0 Å². The minimum atomic E-state index is -1.13. The lowest BCUT2D eigenvalue weighted by molar-refractivity contribution is -0.158. The van der Waals surface area contributed by atoms with E-state index in [1.54, 1.807) is 33.9 Å². The van der Waals surface area contributed by atoms with Gasteiger partial charge in [-0.2, -0.15) is 0 Å². The van der Waals surface area contributed by atoms with Gasteiger partial charge in [0.1, 0.15) is 11.6 Å². The van der Waals surface area contributed by atoms with Crippen LogP contribution < -0.4 is 0 Å². The summed E-state index contributed by atoms with van der Waals surface area (Å²) in [7, 11) is 1.71. The number of likely N-dealkylation sites (tertiary alicyclic amines) is 1. The van der Waals surface area contributed by atoms with E-state index in [2.05, 4.69) is 20.1 Å². The molecule has 4 unspecified atom stereocenters. The summed E-state index contributed by atoms with van der Waals surface area (Å²) in [6.07, 6.45) is 6.15. The maximum atomic E-state index is 14.6. The first-order valence-corrected chi connectivity index (χ1v) is 14.3. The van der Waals surface area contributed by atoms with Crippen molar-refractivity contribution in [3.8, 4) is 0 Å². The second-order valence-corrected chi connectivity index (χ2v) is 12.3. The molecule has 0 aromatic rings. The van der Waals surface area contributed by atoms with Crippen LogP contribution in [-0.2, 0) is 19.1 Å². The van der Waals surface area contributed by atoms with Crippen molar-refractivity contribution < 1.29 is 24.2 Å². The highest BCUT2D eigenvalue weighted by molar-refractivity contribution is 5.99. The fourth-order valence-electron chi connectivity index (χ4n) is 7.42. The second-order valence-electron chi connectivity index (χ2n) is 12.3. The average Bonchev–Trinajstić information content (AvgIpc) is 3.37. The Balaban J connectivity index is 2.20.